The molecule has 1 aliphatic heterocycles. The first-order chi connectivity index (χ1) is 7.83. The fourth-order valence-corrected chi connectivity index (χ4v) is 1.50. The smallest absolute Gasteiger partial charge is 0.338 e. The van der Waals surface area contributed by atoms with Gasteiger partial charge in [-0.05, 0) is 6.08 Å². The molecule has 0 bridgehead atoms. The highest BCUT2D eigenvalue weighted by atomic mass is 16.5. The molecule has 1 heterocycles. The number of esters is 1. The Kier molecular flexibility index (Phi) is 3.00. The molecule has 16 heavy (non-hydrogen) atoms. The molecule has 0 aromatic rings. The molecule has 0 N–H and O–H groups in total. The van der Waals surface area contributed by atoms with Crippen LogP contribution in [0.15, 0.2) is 47.3 Å². The molecule has 0 amide bonds. The lowest BCUT2D eigenvalue weighted by atomic mass is 10.1. The van der Waals surface area contributed by atoms with Gasteiger partial charge in [0.1, 0.15) is 19.0 Å². The molecular weight excluding hydrogens is 208 g/mol. The van der Waals surface area contributed by atoms with E-state index in [1.165, 1.54) is 0 Å². The minimum atomic E-state index is -0.503. The van der Waals surface area contributed by atoms with E-state index in [0.29, 0.717) is 17.6 Å². The summed E-state index contributed by atoms with van der Waals surface area (Å²) in [7, 11) is 0. The summed E-state index contributed by atoms with van der Waals surface area (Å²) in [5.41, 5.74) is 1.17. The van der Waals surface area contributed by atoms with Gasteiger partial charge in [-0.25, -0.2) is 4.79 Å². The summed E-state index contributed by atoms with van der Waals surface area (Å²) in [4.78, 5) is 21.7. The lowest BCUT2D eigenvalue weighted by Gasteiger charge is -2.00. The Bertz CT molecular complexity index is 438. The zero-order chi connectivity index (χ0) is 11.4. The van der Waals surface area contributed by atoms with Crippen molar-refractivity contribution in [3.63, 3.8) is 0 Å². The van der Waals surface area contributed by atoms with Gasteiger partial charge in [0.15, 0.2) is 6.29 Å². The van der Waals surface area contributed by atoms with Crippen molar-refractivity contribution in [2.24, 2.45) is 0 Å². The molecule has 4 nitrogen and oxygen atoms in total. The summed E-state index contributed by atoms with van der Waals surface area (Å²) in [5.74, 6) is 0.153. The SMILES string of the molecule is O=CCOC(=O)C1=C2C=CC=CC=C2OC1. The lowest BCUT2D eigenvalue weighted by molar-refractivity contribution is -0.141. The maximum atomic E-state index is 11.6. The second-order valence-electron chi connectivity index (χ2n) is 3.22. The number of hydrogen-bond donors (Lipinski definition) is 0. The third-order valence-electron chi connectivity index (χ3n) is 2.22. The number of aldehydes is 1. The number of carbonyl (C=O) groups excluding carboxylic acids is 2. The quantitative estimate of drug-likeness (QED) is 0.525. The third-order valence-corrected chi connectivity index (χ3v) is 2.22. The summed E-state index contributed by atoms with van der Waals surface area (Å²) in [6.07, 6.45) is 9.62. The van der Waals surface area contributed by atoms with Gasteiger partial charge in [0.05, 0.1) is 5.57 Å². The number of rotatable bonds is 3. The van der Waals surface area contributed by atoms with Crippen molar-refractivity contribution in [2.75, 3.05) is 13.2 Å². The number of hydrogen-bond acceptors (Lipinski definition) is 4. The van der Waals surface area contributed by atoms with Crippen LogP contribution in [0, 0.1) is 0 Å². The van der Waals surface area contributed by atoms with Crippen LogP contribution in [-0.2, 0) is 19.1 Å². The average molecular weight is 218 g/mol. The van der Waals surface area contributed by atoms with Crippen LogP contribution in [0.5, 0.6) is 0 Å². The van der Waals surface area contributed by atoms with Crippen LogP contribution < -0.4 is 0 Å². The highest BCUT2D eigenvalue weighted by Crippen LogP contribution is 2.28. The van der Waals surface area contributed by atoms with E-state index in [2.05, 4.69) is 0 Å². The van der Waals surface area contributed by atoms with Gasteiger partial charge in [-0.1, -0.05) is 24.3 Å². The average Bonchev–Trinajstić information content (AvgIpc) is 2.55. The zero-order valence-electron chi connectivity index (χ0n) is 8.51. The molecule has 0 aromatic carbocycles. The van der Waals surface area contributed by atoms with Crippen molar-refractivity contribution in [1.82, 2.24) is 0 Å². The molecule has 0 aromatic heterocycles. The van der Waals surface area contributed by atoms with E-state index < -0.39 is 5.97 Å². The Hall–Kier alpha value is -2.10. The second kappa shape index (κ2) is 4.61. The van der Waals surface area contributed by atoms with Crippen molar-refractivity contribution < 1.29 is 19.1 Å². The summed E-state index contributed by atoms with van der Waals surface area (Å²) in [6.45, 7) is -0.0341. The van der Waals surface area contributed by atoms with Crippen molar-refractivity contribution in [3.05, 3.63) is 47.3 Å². The summed E-state index contributed by atoms with van der Waals surface area (Å²) in [6, 6.07) is 0. The van der Waals surface area contributed by atoms with Gasteiger partial charge in [0.25, 0.3) is 0 Å². The van der Waals surface area contributed by atoms with Gasteiger partial charge < -0.3 is 9.47 Å². The molecule has 4 heteroatoms. The molecule has 0 atom stereocenters. The van der Waals surface area contributed by atoms with Gasteiger partial charge in [-0.15, -0.1) is 0 Å². The Labute approximate surface area is 92.5 Å². The molecule has 0 saturated heterocycles. The van der Waals surface area contributed by atoms with E-state index in [1.54, 1.807) is 12.2 Å². The molecule has 0 saturated carbocycles. The summed E-state index contributed by atoms with van der Waals surface area (Å²) < 4.78 is 10.1. The Balaban J connectivity index is 2.24. The van der Waals surface area contributed by atoms with Gasteiger partial charge in [-0.3, -0.25) is 4.79 Å². The van der Waals surface area contributed by atoms with Crippen LogP contribution in [0.25, 0.3) is 0 Å². The van der Waals surface area contributed by atoms with Gasteiger partial charge in [-0.2, -0.15) is 0 Å². The molecule has 0 spiro atoms. The van der Waals surface area contributed by atoms with E-state index in [4.69, 9.17) is 9.47 Å². The van der Waals surface area contributed by atoms with Gasteiger partial charge >= 0.3 is 5.97 Å². The largest absolute Gasteiger partial charge is 0.488 e. The Morgan fingerprint density at radius 2 is 2.31 bits per heavy atom. The van der Waals surface area contributed by atoms with Gasteiger partial charge in [0, 0.05) is 5.57 Å². The first-order valence-corrected chi connectivity index (χ1v) is 4.85. The number of fused-ring (bicyclic) bond motifs is 1. The van der Waals surface area contributed by atoms with Crippen molar-refractivity contribution in [2.45, 2.75) is 0 Å². The van der Waals surface area contributed by atoms with Crippen LogP contribution >= 0.6 is 0 Å². The molecular formula is C12H10O4. The highest BCUT2D eigenvalue weighted by Gasteiger charge is 2.25. The molecule has 2 aliphatic rings. The van der Waals surface area contributed by atoms with Crippen LogP contribution in [-0.4, -0.2) is 25.5 Å². The lowest BCUT2D eigenvalue weighted by Crippen LogP contribution is -2.11. The van der Waals surface area contributed by atoms with E-state index in [1.807, 2.05) is 18.2 Å². The highest BCUT2D eigenvalue weighted by molar-refractivity contribution is 5.92. The number of allylic oxidation sites excluding steroid dienone is 5. The van der Waals surface area contributed by atoms with E-state index in [0.717, 1.165) is 5.57 Å². The fraction of sp³-hybridized carbons (Fsp3) is 0.167. The molecule has 82 valence electrons. The Morgan fingerprint density at radius 1 is 1.44 bits per heavy atom. The van der Waals surface area contributed by atoms with E-state index >= 15 is 0 Å². The van der Waals surface area contributed by atoms with E-state index in [9.17, 15) is 9.59 Å². The zero-order valence-corrected chi connectivity index (χ0v) is 8.51. The minimum absolute atomic E-state index is 0.192. The summed E-state index contributed by atoms with van der Waals surface area (Å²) in [5, 5.41) is 0. The maximum absolute atomic E-state index is 11.6. The van der Waals surface area contributed by atoms with Crippen molar-refractivity contribution in [3.8, 4) is 0 Å². The molecule has 1 aliphatic carbocycles. The molecule has 0 radical (unpaired) electrons. The standard InChI is InChI=1S/C12H10O4/c13-6-7-15-12(14)10-8-16-11-5-3-1-2-4-9(10)11/h1-6H,7-8H2. The molecule has 0 fully saturated rings. The molecule has 0 unspecified atom stereocenters. The first kappa shape index (κ1) is 10.4. The molecule has 2 rings (SSSR count). The van der Waals surface area contributed by atoms with Crippen molar-refractivity contribution in [1.29, 1.82) is 0 Å². The predicted octanol–water partition coefficient (Wildman–Crippen LogP) is 1.07. The van der Waals surface area contributed by atoms with Crippen LogP contribution in [0.3, 0.4) is 0 Å². The van der Waals surface area contributed by atoms with Crippen molar-refractivity contribution >= 4 is 12.3 Å². The van der Waals surface area contributed by atoms with Crippen LogP contribution in [0.2, 0.25) is 0 Å². The monoisotopic (exact) mass is 218 g/mol. The second-order valence-corrected chi connectivity index (χ2v) is 3.22. The predicted molar refractivity (Wildman–Crippen MR) is 56.4 cm³/mol. The fourth-order valence-electron chi connectivity index (χ4n) is 1.50. The van der Waals surface area contributed by atoms with Gasteiger partial charge in [0.2, 0.25) is 0 Å². The topological polar surface area (TPSA) is 52.6 Å². The first-order valence-electron chi connectivity index (χ1n) is 4.85. The summed E-state index contributed by atoms with van der Waals surface area (Å²) >= 11 is 0. The van der Waals surface area contributed by atoms with E-state index in [-0.39, 0.29) is 13.2 Å². The Morgan fingerprint density at radius 3 is 3.12 bits per heavy atom. The maximum Gasteiger partial charge on any atom is 0.338 e. The number of ether oxygens (including phenoxy) is 2. The number of carbonyl (C=O) groups is 2. The normalized spacial score (nSPS) is 17.4. The van der Waals surface area contributed by atoms with Crippen LogP contribution in [0.1, 0.15) is 0 Å². The van der Waals surface area contributed by atoms with Crippen LogP contribution in [0.4, 0.5) is 0 Å². The minimum Gasteiger partial charge on any atom is -0.488 e. The third kappa shape index (κ3) is 1.95.